The number of nitrogens with two attached hydrogens (primary N) is 2. The fraction of sp³-hybridized carbons (Fsp3) is 1.00. The smallest absolute Gasteiger partial charge is 0.288 e. The minimum Gasteiger partial charge on any atom is -0.329 e. The van der Waals surface area contributed by atoms with Crippen LogP contribution in [0.15, 0.2) is 0 Å². The van der Waals surface area contributed by atoms with Crippen molar-refractivity contribution in [3.8, 4) is 0 Å². The summed E-state index contributed by atoms with van der Waals surface area (Å²) < 4.78 is 51.0. The molecule has 1 atom stereocenters. The standard InChI is InChI=1S/C17H38N2O5S2.Na/c1-3-4-5-6-7-8-9-10-11-12-13-17(2,16-19)26(22,23)24-25(20,21)15-14-18;/h3-16,18-19H2,1-2H3;. The molecule has 0 amide bonds. The van der Waals surface area contributed by atoms with Gasteiger partial charge in [0.05, 0.1) is 5.75 Å². The largest absolute Gasteiger partial charge is 0.329 e. The zero-order valence-electron chi connectivity index (χ0n) is 17.4. The average molecular weight is 438 g/mol. The van der Waals surface area contributed by atoms with E-state index in [1.807, 2.05) is 0 Å². The van der Waals surface area contributed by atoms with Crippen LogP contribution >= 0.6 is 0 Å². The van der Waals surface area contributed by atoms with Gasteiger partial charge < -0.3 is 11.5 Å². The second-order valence-corrected chi connectivity index (χ2v) is 11.1. The van der Waals surface area contributed by atoms with Gasteiger partial charge in [0.25, 0.3) is 20.2 Å². The van der Waals surface area contributed by atoms with Crippen molar-refractivity contribution < 1.29 is 20.5 Å². The molecule has 0 saturated heterocycles. The summed E-state index contributed by atoms with van der Waals surface area (Å²) in [5.41, 5.74) is 10.8. The summed E-state index contributed by atoms with van der Waals surface area (Å²) in [7, 11) is -8.53. The van der Waals surface area contributed by atoms with Gasteiger partial charge in [0.2, 0.25) is 0 Å². The van der Waals surface area contributed by atoms with Crippen LogP contribution in [-0.4, -0.2) is 70.0 Å². The topological polar surface area (TPSA) is 130 Å². The minimum atomic E-state index is -4.33. The van der Waals surface area contributed by atoms with Crippen LogP contribution in [0.5, 0.6) is 0 Å². The maximum atomic E-state index is 12.3. The van der Waals surface area contributed by atoms with Gasteiger partial charge in [-0.05, 0) is 13.3 Å². The third-order valence-corrected chi connectivity index (χ3v) is 8.52. The third kappa shape index (κ3) is 12.8. The van der Waals surface area contributed by atoms with Gasteiger partial charge in [0.15, 0.2) is 0 Å². The Balaban J connectivity index is 0. The van der Waals surface area contributed by atoms with Crippen LogP contribution in [0.25, 0.3) is 0 Å². The first-order valence-electron chi connectivity index (χ1n) is 9.72. The molecule has 0 fully saturated rings. The van der Waals surface area contributed by atoms with Crippen molar-refractivity contribution in [1.29, 1.82) is 0 Å². The van der Waals surface area contributed by atoms with E-state index in [1.165, 1.54) is 45.4 Å². The van der Waals surface area contributed by atoms with Crippen LogP contribution in [0, 0.1) is 0 Å². The molecule has 0 saturated carbocycles. The van der Waals surface area contributed by atoms with Gasteiger partial charge in [-0.1, -0.05) is 71.1 Å². The van der Waals surface area contributed by atoms with Gasteiger partial charge in [0, 0.05) is 42.6 Å². The van der Waals surface area contributed by atoms with Crippen molar-refractivity contribution in [2.75, 3.05) is 18.8 Å². The monoisotopic (exact) mass is 437 g/mol. The first-order chi connectivity index (χ1) is 12.1. The van der Waals surface area contributed by atoms with E-state index in [0.717, 1.165) is 19.3 Å². The van der Waals surface area contributed by atoms with E-state index < -0.39 is 30.7 Å². The summed E-state index contributed by atoms with van der Waals surface area (Å²) in [6.45, 7) is 3.25. The number of unbranched alkanes of at least 4 members (excludes halogenated alkanes) is 9. The summed E-state index contributed by atoms with van der Waals surface area (Å²) in [5.74, 6) is -0.537. The summed E-state index contributed by atoms with van der Waals surface area (Å²) in [6, 6.07) is 0. The van der Waals surface area contributed by atoms with Crippen molar-refractivity contribution >= 4 is 49.8 Å². The maximum Gasteiger partial charge on any atom is 0.288 e. The van der Waals surface area contributed by atoms with Gasteiger partial charge in [-0.2, -0.15) is 16.8 Å². The molecule has 0 aliphatic heterocycles. The van der Waals surface area contributed by atoms with Crippen LogP contribution in [0.2, 0.25) is 0 Å². The maximum absolute atomic E-state index is 12.3. The Morgan fingerprint density at radius 1 is 0.815 bits per heavy atom. The quantitative estimate of drug-likeness (QED) is 0.264. The van der Waals surface area contributed by atoms with Crippen LogP contribution in [0.1, 0.15) is 84.5 Å². The number of rotatable bonds is 17. The number of hydrogen-bond donors (Lipinski definition) is 2. The number of hydrogen-bond acceptors (Lipinski definition) is 7. The molecule has 0 aromatic heterocycles. The van der Waals surface area contributed by atoms with Gasteiger partial charge in [0.1, 0.15) is 4.75 Å². The van der Waals surface area contributed by atoms with E-state index in [1.54, 1.807) is 0 Å². The van der Waals surface area contributed by atoms with E-state index in [2.05, 4.69) is 10.6 Å². The fourth-order valence-corrected chi connectivity index (χ4v) is 5.62. The molecule has 10 heteroatoms. The first-order valence-corrected chi connectivity index (χ1v) is 12.7. The van der Waals surface area contributed by atoms with Crippen molar-refractivity contribution in [3.05, 3.63) is 0 Å². The predicted molar refractivity (Wildman–Crippen MR) is 113 cm³/mol. The minimum absolute atomic E-state index is 0. The third-order valence-electron chi connectivity index (χ3n) is 4.66. The van der Waals surface area contributed by atoms with Gasteiger partial charge in [-0.3, -0.25) is 0 Å². The molecule has 4 N–H and O–H groups in total. The van der Waals surface area contributed by atoms with E-state index >= 15 is 0 Å². The molecular formula is C17H38N2NaO5S2. The molecule has 159 valence electrons. The normalized spacial score (nSPS) is 14.5. The molecule has 7 nitrogen and oxygen atoms in total. The molecule has 0 rings (SSSR count). The van der Waals surface area contributed by atoms with Crippen LogP contribution < -0.4 is 11.5 Å². The molecular weight excluding hydrogens is 399 g/mol. The van der Waals surface area contributed by atoms with Gasteiger partial charge in [-0.25, -0.2) is 0 Å². The summed E-state index contributed by atoms with van der Waals surface area (Å²) in [4.78, 5) is 0. The molecule has 0 aliphatic carbocycles. The first kappa shape index (κ1) is 30.0. The van der Waals surface area contributed by atoms with Crippen molar-refractivity contribution in [2.45, 2.75) is 89.2 Å². The zero-order chi connectivity index (χ0) is 20.1. The predicted octanol–water partition coefficient (Wildman–Crippen LogP) is 2.27. The molecule has 0 spiro atoms. The molecule has 0 aliphatic rings. The molecule has 27 heavy (non-hydrogen) atoms. The van der Waals surface area contributed by atoms with E-state index in [4.69, 9.17) is 11.5 Å². The van der Waals surface area contributed by atoms with Crippen LogP contribution in [0.3, 0.4) is 0 Å². The van der Waals surface area contributed by atoms with Crippen molar-refractivity contribution in [1.82, 2.24) is 0 Å². The molecule has 0 heterocycles. The Kier molecular flexibility index (Phi) is 17.3. The Labute approximate surface area is 188 Å². The second-order valence-electron chi connectivity index (χ2n) is 7.16. The molecule has 0 bridgehead atoms. The summed E-state index contributed by atoms with van der Waals surface area (Å²) in [6.07, 6.45) is 11.6. The fourth-order valence-electron chi connectivity index (χ4n) is 2.71. The Bertz CT molecular complexity index is 570. The second kappa shape index (κ2) is 15.6. The zero-order valence-corrected chi connectivity index (χ0v) is 21.0. The SMILES string of the molecule is CCCCCCCCCCCCC(C)(CN)S(=O)(=O)OS(=O)(=O)CCN.[Na]. The molecule has 1 unspecified atom stereocenters. The van der Waals surface area contributed by atoms with Crippen LogP contribution in [0.4, 0.5) is 0 Å². The Morgan fingerprint density at radius 2 is 1.26 bits per heavy atom. The average Bonchev–Trinajstić information content (AvgIpc) is 2.55. The van der Waals surface area contributed by atoms with Crippen LogP contribution in [-0.2, 0) is 23.9 Å². The van der Waals surface area contributed by atoms with E-state index in [9.17, 15) is 16.8 Å². The van der Waals surface area contributed by atoms with E-state index in [0.29, 0.717) is 6.42 Å². The molecule has 1 radical (unpaired) electrons. The van der Waals surface area contributed by atoms with Crippen molar-refractivity contribution in [3.63, 3.8) is 0 Å². The van der Waals surface area contributed by atoms with Gasteiger partial charge >= 0.3 is 0 Å². The van der Waals surface area contributed by atoms with Gasteiger partial charge in [-0.15, -0.1) is 3.63 Å². The Morgan fingerprint density at radius 3 is 1.67 bits per heavy atom. The van der Waals surface area contributed by atoms with Crippen molar-refractivity contribution in [2.24, 2.45) is 11.5 Å². The Hall–Kier alpha value is 0.780. The van der Waals surface area contributed by atoms with E-state index in [-0.39, 0.29) is 49.1 Å². The summed E-state index contributed by atoms with van der Waals surface area (Å²) in [5, 5.41) is 0. The molecule has 0 aromatic carbocycles. The molecule has 0 aromatic rings. The summed E-state index contributed by atoms with van der Waals surface area (Å²) >= 11 is 0.